The summed E-state index contributed by atoms with van der Waals surface area (Å²) < 4.78 is 0. The van der Waals surface area contributed by atoms with Crippen LogP contribution in [0.15, 0.2) is 48.5 Å². The first-order chi connectivity index (χ1) is 13.4. The molecule has 1 aliphatic rings. The second-order valence-corrected chi connectivity index (χ2v) is 8.08. The van der Waals surface area contributed by atoms with Gasteiger partial charge >= 0.3 is 0 Å². The summed E-state index contributed by atoms with van der Waals surface area (Å²) in [6, 6.07) is 16.3. The zero-order valence-corrected chi connectivity index (χ0v) is 17.0. The Morgan fingerprint density at radius 1 is 1.00 bits per heavy atom. The number of benzene rings is 2. The van der Waals surface area contributed by atoms with E-state index in [0.717, 1.165) is 29.7 Å². The number of amides is 2. The van der Waals surface area contributed by atoms with Gasteiger partial charge in [-0.1, -0.05) is 62.4 Å². The van der Waals surface area contributed by atoms with Gasteiger partial charge in [0.25, 0.3) is 0 Å². The van der Waals surface area contributed by atoms with Crippen LogP contribution in [0, 0.1) is 12.3 Å². The molecule has 0 unspecified atom stereocenters. The molecule has 0 bridgehead atoms. The van der Waals surface area contributed by atoms with Crippen LogP contribution in [0.2, 0.25) is 0 Å². The van der Waals surface area contributed by atoms with Crippen molar-refractivity contribution in [3.05, 3.63) is 65.2 Å². The normalized spacial score (nSPS) is 14.6. The van der Waals surface area contributed by atoms with E-state index in [-0.39, 0.29) is 11.8 Å². The fourth-order valence-electron chi connectivity index (χ4n) is 3.57. The highest BCUT2D eigenvalue weighted by molar-refractivity contribution is 6.13. The number of aryl methyl sites for hydroxylation is 2. The minimum absolute atomic E-state index is 0.141. The van der Waals surface area contributed by atoms with Crippen molar-refractivity contribution in [1.29, 1.82) is 0 Å². The Labute approximate surface area is 167 Å². The van der Waals surface area contributed by atoms with Crippen molar-refractivity contribution >= 4 is 17.5 Å². The van der Waals surface area contributed by atoms with E-state index in [2.05, 4.69) is 36.6 Å². The van der Waals surface area contributed by atoms with E-state index < -0.39 is 5.41 Å². The molecule has 2 N–H and O–H groups in total. The number of carbonyl (C=O) groups is 2. The molecule has 0 aliphatic heterocycles. The smallest absolute Gasteiger partial charge is 0.240 e. The Kier molecular flexibility index (Phi) is 6.18. The first-order valence-corrected chi connectivity index (χ1v) is 10.2. The lowest BCUT2D eigenvalue weighted by Crippen LogP contribution is -2.40. The maximum Gasteiger partial charge on any atom is 0.240 e. The van der Waals surface area contributed by atoms with E-state index in [1.54, 1.807) is 0 Å². The number of carbonyl (C=O) groups excluding carboxylic acids is 2. The molecule has 2 amide bonds. The van der Waals surface area contributed by atoms with Gasteiger partial charge in [0.1, 0.15) is 5.41 Å². The molecule has 1 aliphatic carbocycles. The number of rotatable bonds is 8. The van der Waals surface area contributed by atoms with Gasteiger partial charge in [-0.3, -0.25) is 9.59 Å². The molecule has 0 aromatic heterocycles. The second-order valence-electron chi connectivity index (χ2n) is 8.08. The first kappa shape index (κ1) is 20.1. The summed E-state index contributed by atoms with van der Waals surface area (Å²) in [4.78, 5) is 25.6. The molecule has 3 rings (SSSR count). The highest BCUT2D eigenvalue weighted by Gasteiger charge is 2.56. The van der Waals surface area contributed by atoms with E-state index in [1.165, 1.54) is 5.56 Å². The molecule has 0 saturated heterocycles. The molecule has 1 fully saturated rings. The van der Waals surface area contributed by atoms with Gasteiger partial charge in [0.2, 0.25) is 11.8 Å². The minimum atomic E-state index is -0.900. The van der Waals surface area contributed by atoms with Gasteiger partial charge in [0.15, 0.2) is 0 Å². The Hall–Kier alpha value is -2.62. The van der Waals surface area contributed by atoms with Gasteiger partial charge in [0, 0.05) is 12.2 Å². The third-order valence-electron chi connectivity index (χ3n) is 5.56. The highest BCUT2D eigenvalue weighted by atomic mass is 16.2. The van der Waals surface area contributed by atoms with E-state index in [9.17, 15) is 9.59 Å². The molecule has 4 heteroatoms. The van der Waals surface area contributed by atoms with E-state index in [0.29, 0.717) is 25.3 Å². The lowest BCUT2D eigenvalue weighted by atomic mass is 9.97. The predicted octanol–water partition coefficient (Wildman–Crippen LogP) is 4.59. The van der Waals surface area contributed by atoms with Crippen LogP contribution in [-0.2, 0) is 16.0 Å². The fourth-order valence-corrected chi connectivity index (χ4v) is 3.57. The van der Waals surface area contributed by atoms with Gasteiger partial charge in [-0.15, -0.1) is 0 Å². The molecule has 0 radical (unpaired) electrons. The summed E-state index contributed by atoms with van der Waals surface area (Å²) in [7, 11) is 0. The van der Waals surface area contributed by atoms with Crippen molar-refractivity contribution < 1.29 is 9.59 Å². The van der Waals surface area contributed by atoms with E-state index >= 15 is 0 Å². The number of hydrogen-bond donors (Lipinski definition) is 2. The summed E-state index contributed by atoms with van der Waals surface area (Å²) in [5, 5.41) is 6.03. The van der Waals surface area contributed by atoms with Gasteiger partial charge in [0.05, 0.1) is 0 Å². The molecular weight excluding hydrogens is 348 g/mol. The van der Waals surface area contributed by atoms with Gasteiger partial charge < -0.3 is 10.6 Å². The minimum Gasteiger partial charge on any atom is -0.355 e. The van der Waals surface area contributed by atoms with Crippen molar-refractivity contribution in [3.63, 3.8) is 0 Å². The van der Waals surface area contributed by atoms with Gasteiger partial charge in [-0.05, 0) is 55.2 Å². The van der Waals surface area contributed by atoms with E-state index in [4.69, 9.17) is 0 Å². The van der Waals surface area contributed by atoms with Crippen LogP contribution < -0.4 is 10.6 Å². The Morgan fingerprint density at radius 2 is 1.71 bits per heavy atom. The van der Waals surface area contributed by atoms with E-state index in [1.807, 2.05) is 43.3 Å². The van der Waals surface area contributed by atoms with Gasteiger partial charge in [-0.2, -0.15) is 0 Å². The van der Waals surface area contributed by atoms with Crippen LogP contribution in [0.5, 0.6) is 0 Å². The van der Waals surface area contributed by atoms with Crippen molar-refractivity contribution in [2.24, 2.45) is 5.41 Å². The molecule has 2 aromatic carbocycles. The molecular formula is C24H30N2O2. The molecule has 2 aromatic rings. The van der Waals surface area contributed by atoms with Crippen molar-refractivity contribution in [3.8, 4) is 0 Å². The maximum atomic E-state index is 12.9. The summed E-state index contributed by atoms with van der Waals surface area (Å²) >= 11 is 0. The molecule has 4 nitrogen and oxygen atoms in total. The summed E-state index contributed by atoms with van der Waals surface area (Å²) in [5.74, 6) is -0.0147. The lowest BCUT2D eigenvalue weighted by Gasteiger charge is -2.20. The molecule has 0 heterocycles. The average Bonchev–Trinajstić information content (AvgIpc) is 3.49. The average molecular weight is 379 g/mol. The van der Waals surface area contributed by atoms with Crippen LogP contribution >= 0.6 is 0 Å². The van der Waals surface area contributed by atoms with Crippen molar-refractivity contribution in [2.45, 2.75) is 52.4 Å². The maximum absolute atomic E-state index is 12.9. The second kappa shape index (κ2) is 8.59. The quantitative estimate of drug-likeness (QED) is 0.521. The Balaban J connectivity index is 1.57. The van der Waals surface area contributed by atoms with Crippen LogP contribution in [0.1, 0.15) is 55.7 Å². The van der Waals surface area contributed by atoms with Crippen LogP contribution in [0.25, 0.3) is 0 Å². The molecule has 28 heavy (non-hydrogen) atoms. The SMILES string of the molecule is Cc1cccc(C(C)C)c1NC(=O)C1(C(=O)NCCCc2ccccc2)CC1. The monoisotopic (exact) mass is 378 g/mol. The van der Waals surface area contributed by atoms with Crippen molar-refractivity contribution in [1.82, 2.24) is 5.32 Å². The Bertz CT molecular complexity index is 839. The third-order valence-corrected chi connectivity index (χ3v) is 5.56. The number of hydrogen-bond acceptors (Lipinski definition) is 2. The first-order valence-electron chi connectivity index (χ1n) is 10.2. The van der Waals surface area contributed by atoms with Crippen molar-refractivity contribution in [2.75, 3.05) is 11.9 Å². The molecule has 148 valence electrons. The third kappa shape index (κ3) is 4.44. The van der Waals surface area contributed by atoms with Crippen LogP contribution in [0.4, 0.5) is 5.69 Å². The predicted molar refractivity (Wildman–Crippen MR) is 113 cm³/mol. The van der Waals surface area contributed by atoms with Gasteiger partial charge in [-0.25, -0.2) is 0 Å². The topological polar surface area (TPSA) is 58.2 Å². The van der Waals surface area contributed by atoms with Crippen LogP contribution in [-0.4, -0.2) is 18.4 Å². The molecule has 0 atom stereocenters. The fraction of sp³-hybridized carbons (Fsp3) is 0.417. The number of para-hydroxylation sites is 1. The summed E-state index contributed by atoms with van der Waals surface area (Å²) in [6.45, 7) is 6.79. The number of anilines is 1. The molecule has 1 saturated carbocycles. The van der Waals surface area contributed by atoms with Crippen LogP contribution in [0.3, 0.4) is 0 Å². The summed E-state index contributed by atoms with van der Waals surface area (Å²) in [6.07, 6.45) is 3.02. The lowest BCUT2D eigenvalue weighted by molar-refractivity contribution is -0.134. The Morgan fingerprint density at radius 3 is 2.36 bits per heavy atom. The standard InChI is InChI=1S/C24H30N2O2/c1-17(2)20-13-7-9-18(3)21(20)26-23(28)24(14-15-24)22(27)25-16-8-12-19-10-5-4-6-11-19/h4-7,9-11,13,17H,8,12,14-16H2,1-3H3,(H,25,27)(H,26,28). The largest absolute Gasteiger partial charge is 0.355 e. The zero-order chi connectivity index (χ0) is 20.1. The summed E-state index contributed by atoms with van der Waals surface area (Å²) in [5.41, 5.74) is 3.34. The molecule has 0 spiro atoms. The highest BCUT2D eigenvalue weighted by Crippen LogP contribution is 2.47. The zero-order valence-electron chi connectivity index (χ0n) is 17.0. The number of nitrogens with one attached hydrogen (secondary N) is 2.